The molecule has 0 heteroatoms. The average molecular weight is 170 g/mol. The lowest BCUT2D eigenvalue weighted by Crippen LogP contribution is -1.95. The molecule has 1 unspecified atom stereocenters. The SMILES string of the molecule is C#Cc1cccc(C(C)C=C)c1C. The molecule has 0 bridgehead atoms. The van der Waals surface area contributed by atoms with Crippen LogP contribution in [0.15, 0.2) is 30.9 Å². The first-order valence-corrected chi connectivity index (χ1v) is 4.39. The Balaban J connectivity index is 3.25. The van der Waals surface area contributed by atoms with Crippen LogP contribution in [0.2, 0.25) is 0 Å². The van der Waals surface area contributed by atoms with E-state index in [4.69, 9.17) is 6.42 Å². The van der Waals surface area contributed by atoms with E-state index in [2.05, 4.69) is 32.4 Å². The molecule has 66 valence electrons. The highest BCUT2D eigenvalue weighted by Crippen LogP contribution is 2.22. The van der Waals surface area contributed by atoms with Gasteiger partial charge in [-0.1, -0.05) is 31.1 Å². The molecule has 1 aromatic rings. The van der Waals surface area contributed by atoms with Crippen molar-refractivity contribution in [1.82, 2.24) is 0 Å². The van der Waals surface area contributed by atoms with Crippen molar-refractivity contribution < 1.29 is 0 Å². The van der Waals surface area contributed by atoms with Gasteiger partial charge < -0.3 is 0 Å². The van der Waals surface area contributed by atoms with Gasteiger partial charge in [0.1, 0.15) is 0 Å². The van der Waals surface area contributed by atoms with Gasteiger partial charge in [0.25, 0.3) is 0 Å². The standard InChI is InChI=1S/C13H14/c1-5-10(3)13-9-7-8-12(6-2)11(13)4/h2,5,7-10H,1H2,3-4H3. The molecule has 0 N–H and O–H groups in total. The van der Waals surface area contributed by atoms with Crippen molar-refractivity contribution in [1.29, 1.82) is 0 Å². The zero-order valence-electron chi connectivity index (χ0n) is 8.17. The van der Waals surface area contributed by atoms with Crippen molar-refractivity contribution in [3.8, 4) is 12.3 Å². The molecule has 0 amide bonds. The third-order valence-electron chi connectivity index (χ3n) is 2.38. The fourth-order valence-corrected chi connectivity index (χ4v) is 1.43. The van der Waals surface area contributed by atoms with Crippen molar-refractivity contribution in [3.63, 3.8) is 0 Å². The summed E-state index contributed by atoms with van der Waals surface area (Å²) in [6.07, 6.45) is 7.32. The number of hydrogen-bond acceptors (Lipinski definition) is 0. The molecule has 0 spiro atoms. The van der Waals surface area contributed by atoms with Gasteiger partial charge in [-0.25, -0.2) is 0 Å². The highest BCUT2D eigenvalue weighted by atomic mass is 14.1. The predicted octanol–water partition coefficient (Wildman–Crippen LogP) is 3.27. The topological polar surface area (TPSA) is 0 Å². The molecule has 13 heavy (non-hydrogen) atoms. The average Bonchev–Trinajstić information content (AvgIpc) is 2.17. The Kier molecular flexibility index (Phi) is 2.93. The summed E-state index contributed by atoms with van der Waals surface area (Å²) in [6.45, 7) is 7.96. The third-order valence-corrected chi connectivity index (χ3v) is 2.38. The van der Waals surface area contributed by atoms with E-state index < -0.39 is 0 Å². The maximum absolute atomic E-state index is 5.39. The zero-order valence-corrected chi connectivity index (χ0v) is 8.17. The molecule has 1 aromatic carbocycles. The summed E-state index contributed by atoms with van der Waals surface area (Å²) >= 11 is 0. The minimum absolute atomic E-state index is 0.369. The van der Waals surface area contributed by atoms with Gasteiger partial charge in [0, 0.05) is 5.56 Å². The Morgan fingerprint density at radius 2 is 2.23 bits per heavy atom. The fourth-order valence-electron chi connectivity index (χ4n) is 1.43. The first-order valence-electron chi connectivity index (χ1n) is 4.39. The predicted molar refractivity (Wildman–Crippen MR) is 57.7 cm³/mol. The Bertz CT molecular complexity index is 353. The Hall–Kier alpha value is -1.48. The van der Waals surface area contributed by atoms with Crippen molar-refractivity contribution in [3.05, 3.63) is 47.5 Å². The summed E-state index contributed by atoms with van der Waals surface area (Å²) in [6, 6.07) is 6.06. The molecule has 0 heterocycles. The molecule has 1 rings (SSSR count). The molecular weight excluding hydrogens is 156 g/mol. The smallest absolute Gasteiger partial charge is 0.0274 e. The van der Waals surface area contributed by atoms with E-state index in [0.29, 0.717) is 5.92 Å². The van der Waals surface area contributed by atoms with E-state index in [1.165, 1.54) is 11.1 Å². The van der Waals surface area contributed by atoms with Crippen LogP contribution in [0.4, 0.5) is 0 Å². The van der Waals surface area contributed by atoms with Crippen LogP contribution < -0.4 is 0 Å². The summed E-state index contributed by atoms with van der Waals surface area (Å²) in [4.78, 5) is 0. The summed E-state index contributed by atoms with van der Waals surface area (Å²) in [5, 5.41) is 0. The molecule has 0 radical (unpaired) electrons. The maximum atomic E-state index is 5.39. The second-order valence-corrected chi connectivity index (χ2v) is 3.19. The van der Waals surface area contributed by atoms with Crippen LogP contribution in [0.3, 0.4) is 0 Å². The van der Waals surface area contributed by atoms with Crippen LogP contribution in [0, 0.1) is 19.3 Å². The van der Waals surface area contributed by atoms with Gasteiger partial charge in [0.15, 0.2) is 0 Å². The molecule has 1 atom stereocenters. The summed E-state index contributed by atoms with van der Waals surface area (Å²) in [7, 11) is 0. The molecule has 0 saturated carbocycles. The van der Waals surface area contributed by atoms with Gasteiger partial charge in [0.2, 0.25) is 0 Å². The lowest BCUT2D eigenvalue weighted by Gasteiger charge is -2.11. The molecule has 0 aliphatic heterocycles. The first-order chi connectivity index (χ1) is 6.20. The lowest BCUT2D eigenvalue weighted by molar-refractivity contribution is 0.954. The van der Waals surface area contributed by atoms with Crippen LogP contribution in [-0.4, -0.2) is 0 Å². The van der Waals surface area contributed by atoms with E-state index >= 15 is 0 Å². The highest BCUT2D eigenvalue weighted by Gasteiger charge is 2.06. The largest absolute Gasteiger partial charge is 0.115 e. The number of hydrogen-bond donors (Lipinski definition) is 0. The first kappa shape index (κ1) is 9.61. The van der Waals surface area contributed by atoms with Crippen molar-refractivity contribution in [2.45, 2.75) is 19.8 Å². The van der Waals surface area contributed by atoms with Crippen LogP contribution in [0.5, 0.6) is 0 Å². The quantitative estimate of drug-likeness (QED) is 0.472. The Morgan fingerprint density at radius 3 is 2.77 bits per heavy atom. The van der Waals surface area contributed by atoms with Crippen LogP contribution in [0.1, 0.15) is 29.5 Å². The second-order valence-electron chi connectivity index (χ2n) is 3.19. The second kappa shape index (κ2) is 3.96. The molecule has 0 nitrogen and oxygen atoms in total. The lowest BCUT2D eigenvalue weighted by atomic mass is 9.93. The van der Waals surface area contributed by atoms with E-state index in [1.807, 2.05) is 18.2 Å². The molecule has 0 aliphatic carbocycles. The van der Waals surface area contributed by atoms with Gasteiger partial charge in [-0.3, -0.25) is 0 Å². The molecule has 0 aromatic heterocycles. The van der Waals surface area contributed by atoms with Gasteiger partial charge in [0.05, 0.1) is 0 Å². The third kappa shape index (κ3) is 1.81. The summed E-state index contributed by atoms with van der Waals surface area (Å²) in [5.41, 5.74) is 3.44. The summed E-state index contributed by atoms with van der Waals surface area (Å²) in [5.74, 6) is 3.05. The fraction of sp³-hybridized carbons (Fsp3) is 0.231. The van der Waals surface area contributed by atoms with Gasteiger partial charge in [-0.15, -0.1) is 13.0 Å². The highest BCUT2D eigenvalue weighted by molar-refractivity contribution is 5.45. The van der Waals surface area contributed by atoms with E-state index in [9.17, 15) is 0 Å². The number of terminal acetylenes is 1. The van der Waals surface area contributed by atoms with Crippen molar-refractivity contribution in [2.24, 2.45) is 0 Å². The molecular formula is C13H14. The zero-order chi connectivity index (χ0) is 9.84. The monoisotopic (exact) mass is 170 g/mol. The normalized spacial score (nSPS) is 11.8. The minimum Gasteiger partial charge on any atom is -0.115 e. The van der Waals surface area contributed by atoms with Gasteiger partial charge in [-0.2, -0.15) is 0 Å². The number of rotatable bonds is 2. The number of allylic oxidation sites excluding steroid dienone is 1. The Morgan fingerprint density at radius 1 is 1.54 bits per heavy atom. The van der Waals surface area contributed by atoms with E-state index in [0.717, 1.165) is 5.56 Å². The van der Waals surface area contributed by atoms with E-state index in [1.54, 1.807) is 0 Å². The number of benzene rings is 1. The van der Waals surface area contributed by atoms with Crippen LogP contribution in [0.25, 0.3) is 0 Å². The molecule has 0 fully saturated rings. The van der Waals surface area contributed by atoms with Crippen molar-refractivity contribution in [2.75, 3.05) is 0 Å². The van der Waals surface area contributed by atoms with Crippen LogP contribution in [-0.2, 0) is 0 Å². The maximum Gasteiger partial charge on any atom is 0.0274 e. The Labute approximate surface area is 80.3 Å². The molecule has 0 saturated heterocycles. The van der Waals surface area contributed by atoms with Gasteiger partial charge in [-0.05, 0) is 30.0 Å². The van der Waals surface area contributed by atoms with Crippen LogP contribution >= 0.6 is 0 Å². The minimum atomic E-state index is 0.369. The molecule has 0 aliphatic rings. The van der Waals surface area contributed by atoms with Crippen molar-refractivity contribution >= 4 is 0 Å². The summed E-state index contributed by atoms with van der Waals surface area (Å²) < 4.78 is 0. The van der Waals surface area contributed by atoms with E-state index in [-0.39, 0.29) is 0 Å². The van der Waals surface area contributed by atoms with Gasteiger partial charge >= 0.3 is 0 Å².